The fourth-order valence-corrected chi connectivity index (χ4v) is 2.64. The van der Waals surface area contributed by atoms with E-state index in [4.69, 9.17) is 14.8 Å². The number of hydrogen-bond donors (Lipinski definition) is 4. The van der Waals surface area contributed by atoms with Crippen LogP contribution in [0, 0.1) is 0 Å². The third-order valence-corrected chi connectivity index (χ3v) is 4.49. The van der Waals surface area contributed by atoms with Crippen molar-refractivity contribution in [2.24, 2.45) is 5.73 Å². The first kappa shape index (κ1) is 34.1. The summed E-state index contributed by atoms with van der Waals surface area (Å²) in [6.45, 7) is 2.18. The summed E-state index contributed by atoms with van der Waals surface area (Å²) >= 11 is 0. The van der Waals surface area contributed by atoms with Crippen LogP contribution in [0.1, 0.15) is 64.7 Å². The van der Waals surface area contributed by atoms with Gasteiger partial charge in [-0.1, -0.05) is 19.8 Å². The van der Waals surface area contributed by atoms with E-state index >= 15 is 0 Å². The molecule has 170 valence electrons. The molecular weight excluding hydrogens is 406 g/mol. The van der Waals surface area contributed by atoms with E-state index in [0.717, 1.165) is 6.54 Å². The number of nitrogens with two attached hydrogens (primary N) is 1. The number of rotatable bonds is 13. The SMILES string of the molecule is CCCCCN.N.O=S(=O)(O)CCCCCF.O=S(=O)(O)CCCCCF. The van der Waals surface area contributed by atoms with E-state index in [0.29, 0.717) is 38.5 Å². The highest BCUT2D eigenvalue weighted by atomic mass is 32.2. The number of halogens is 2. The first-order valence-electron chi connectivity index (χ1n) is 8.76. The summed E-state index contributed by atoms with van der Waals surface area (Å²) in [5.74, 6) is -0.514. The van der Waals surface area contributed by atoms with Gasteiger partial charge in [0.25, 0.3) is 20.2 Å². The lowest BCUT2D eigenvalue weighted by atomic mass is 10.3. The van der Waals surface area contributed by atoms with Crippen LogP contribution in [0.2, 0.25) is 0 Å². The van der Waals surface area contributed by atoms with Crippen molar-refractivity contribution in [3.8, 4) is 0 Å². The summed E-state index contributed by atoms with van der Waals surface area (Å²) in [4.78, 5) is 0. The summed E-state index contributed by atoms with van der Waals surface area (Å²) < 4.78 is 79.4. The van der Waals surface area contributed by atoms with Crippen LogP contribution in [0.4, 0.5) is 8.78 Å². The molecule has 0 fully saturated rings. The molecule has 0 aromatic heterocycles. The number of hydrogen-bond acceptors (Lipinski definition) is 6. The molecule has 0 unspecified atom stereocenters. The highest BCUT2D eigenvalue weighted by Crippen LogP contribution is 1.98. The molecule has 0 atom stereocenters. The predicted molar refractivity (Wildman–Crippen MR) is 106 cm³/mol. The Labute approximate surface area is 163 Å². The molecule has 12 heteroatoms. The maximum Gasteiger partial charge on any atom is 0.264 e. The molecule has 0 radical (unpaired) electrons. The van der Waals surface area contributed by atoms with E-state index in [9.17, 15) is 25.6 Å². The minimum Gasteiger partial charge on any atom is -0.344 e. The summed E-state index contributed by atoms with van der Waals surface area (Å²) in [6.07, 6.45) is 6.19. The maximum atomic E-state index is 11.4. The standard InChI is InChI=1S/2C5H11FO3S.C5H13N.H3N/c2*6-4-2-1-3-5-10(7,8)9;1-2-3-4-5-6;/h2*1-5H2,(H,7,8,9);2-6H2,1H3;1H3. The fourth-order valence-electron chi connectivity index (χ4n) is 1.51. The van der Waals surface area contributed by atoms with Crippen LogP contribution >= 0.6 is 0 Å². The second kappa shape index (κ2) is 23.6. The smallest absolute Gasteiger partial charge is 0.264 e. The molecule has 0 aliphatic heterocycles. The molecule has 0 bridgehead atoms. The molecule has 0 rings (SSSR count). The van der Waals surface area contributed by atoms with E-state index in [2.05, 4.69) is 6.92 Å². The van der Waals surface area contributed by atoms with Crippen LogP contribution in [-0.4, -0.2) is 57.3 Å². The Morgan fingerprint density at radius 3 is 1.26 bits per heavy atom. The molecule has 7 N–H and O–H groups in total. The monoisotopic (exact) mass is 444 g/mol. The van der Waals surface area contributed by atoms with E-state index in [-0.39, 0.29) is 17.7 Å². The molecular formula is C15H38F2N2O6S2. The Kier molecular flexibility index (Phi) is 29.9. The molecule has 0 saturated heterocycles. The normalized spacial score (nSPS) is 10.7. The van der Waals surface area contributed by atoms with Gasteiger partial charge in [-0.25, -0.2) is 0 Å². The van der Waals surface area contributed by atoms with Crippen molar-refractivity contribution in [1.82, 2.24) is 6.15 Å². The molecule has 0 aliphatic carbocycles. The van der Waals surface area contributed by atoms with Crippen molar-refractivity contribution in [2.45, 2.75) is 64.7 Å². The summed E-state index contributed by atoms with van der Waals surface area (Å²) in [5.41, 5.74) is 5.21. The first-order valence-corrected chi connectivity index (χ1v) is 12.0. The second-order valence-electron chi connectivity index (χ2n) is 5.57. The molecule has 0 aromatic rings. The van der Waals surface area contributed by atoms with E-state index in [1.54, 1.807) is 0 Å². The van der Waals surface area contributed by atoms with E-state index in [1.165, 1.54) is 19.3 Å². The molecule has 0 saturated carbocycles. The lowest BCUT2D eigenvalue weighted by Gasteiger charge is -1.94. The second-order valence-corrected chi connectivity index (χ2v) is 8.71. The van der Waals surface area contributed by atoms with Crippen molar-refractivity contribution in [3.05, 3.63) is 0 Å². The van der Waals surface area contributed by atoms with Gasteiger partial charge in [0, 0.05) is 0 Å². The van der Waals surface area contributed by atoms with Gasteiger partial charge in [-0.3, -0.25) is 17.9 Å². The average Bonchev–Trinajstić information content (AvgIpc) is 2.53. The molecule has 0 spiro atoms. The van der Waals surface area contributed by atoms with Gasteiger partial charge in [-0.05, 0) is 51.5 Å². The highest BCUT2D eigenvalue weighted by molar-refractivity contribution is 7.86. The van der Waals surface area contributed by atoms with Crippen molar-refractivity contribution in [1.29, 1.82) is 0 Å². The quantitative estimate of drug-likeness (QED) is 0.247. The van der Waals surface area contributed by atoms with Gasteiger partial charge >= 0.3 is 0 Å². The Morgan fingerprint density at radius 2 is 1.07 bits per heavy atom. The van der Waals surface area contributed by atoms with Crippen LogP contribution in [0.3, 0.4) is 0 Å². The minimum absolute atomic E-state index is 0. The Hall–Kier alpha value is -0.400. The maximum absolute atomic E-state index is 11.4. The van der Waals surface area contributed by atoms with Gasteiger partial charge in [0.05, 0.1) is 24.9 Å². The zero-order valence-corrected chi connectivity index (χ0v) is 17.9. The van der Waals surface area contributed by atoms with Crippen molar-refractivity contribution in [2.75, 3.05) is 31.4 Å². The predicted octanol–water partition coefficient (Wildman–Crippen LogP) is 3.33. The zero-order chi connectivity index (χ0) is 20.9. The molecule has 0 heterocycles. The average molecular weight is 445 g/mol. The topological polar surface area (TPSA) is 170 Å². The van der Waals surface area contributed by atoms with Gasteiger partial charge in [0.1, 0.15) is 0 Å². The Bertz CT molecular complexity index is 433. The summed E-state index contributed by atoms with van der Waals surface area (Å²) in [6, 6.07) is 0. The van der Waals surface area contributed by atoms with E-state index in [1.807, 2.05) is 0 Å². The van der Waals surface area contributed by atoms with Gasteiger partial charge in [-0.2, -0.15) is 16.8 Å². The van der Waals surface area contributed by atoms with Crippen molar-refractivity contribution in [3.63, 3.8) is 0 Å². The van der Waals surface area contributed by atoms with Gasteiger partial charge < -0.3 is 11.9 Å². The zero-order valence-electron chi connectivity index (χ0n) is 16.3. The lowest BCUT2D eigenvalue weighted by molar-refractivity contribution is 0.452. The van der Waals surface area contributed by atoms with Crippen molar-refractivity contribution >= 4 is 20.2 Å². The van der Waals surface area contributed by atoms with Crippen LogP contribution in [0.5, 0.6) is 0 Å². The summed E-state index contributed by atoms with van der Waals surface area (Å²) in [5, 5.41) is 0. The highest BCUT2D eigenvalue weighted by Gasteiger charge is 2.02. The first-order chi connectivity index (χ1) is 12.0. The lowest BCUT2D eigenvalue weighted by Crippen LogP contribution is -2.03. The fraction of sp³-hybridized carbons (Fsp3) is 1.00. The molecule has 8 nitrogen and oxygen atoms in total. The molecule has 0 amide bonds. The van der Waals surface area contributed by atoms with Gasteiger partial charge in [0.2, 0.25) is 0 Å². The minimum atomic E-state index is -3.83. The van der Waals surface area contributed by atoms with Gasteiger partial charge in [0.15, 0.2) is 0 Å². The molecule has 0 aliphatic rings. The van der Waals surface area contributed by atoms with Crippen molar-refractivity contribution < 1.29 is 34.7 Å². The molecule has 27 heavy (non-hydrogen) atoms. The summed E-state index contributed by atoms with van der Waals surface area (Å²) in [7, 11) is -7.65. The van der Waals surface area contributed by atoms with Crippen LogP contribution in [-0.2, 0) is 20.2 Å². The van der Waals surface area contributed by atoms with E-state index < -0.39 is 33.6 Å². The molecule has 0 aromatic carbocycles. The largest absolute Gasteiger partial charge is 0.344 e. The van der Waals surface area contributed by atoms with Crippen LogP contribution in [0.15, 0.2) is 0 Å². The Morgan fingerprint density at radius 1 is 0.704 bits per heavy atom. The number of unbranched alkanes of at least 4 members (excludes halogenated alkanes) is 6. The van der Waals surface area contributed by atoms with Gasteiger partial charge in [-0.15, -0.1) is 0 Å². The Balaban J connectivity index is -0.000000149. The van der Waals surface area contributed by atoms with Crippen LogP contribution in [0.25, 0.3) is 0 Å². The number of alkyl halides is 2. The third kappa shape index (κ3) is 51.7. The third-order valence-electron chi connectivity index (χ3n) is 2.88. The van der Waals surface area contributed by atoms with Crippen LogP contribution < -0.4 is 11.9 Å².